The molecular formula is C22H15BrN2O3. The summed E-state index contributed by atoms with van der Waals surface area (Å²) < 4.78 is 7.61. The van der Waals surface area contributed by atoms with E-state index in [-0.39, 0.29) is 17.9 Å². The minimum Gasteiger partial charge on any atom is -0.456 e. The van der Waals surface area contributed by atoms with E-state index in [1.165, 1.54) is 4.68 Å². The van der Waals surface area contributed by atoms with Crippen LogP contribution in [0.3, 0.4) is 0 Å². The van der Waals surface area contributed by atoms with Crippen LogP contribution in [-0.2, 0) is 11.3 Å². The van der Waals surface area contributed by atoms with Gasteiger partial charge in [-0.05, 0) is 35.9 Å². The topological polar surface area (TPSA) is 61.2 Å². The van der Waals surface area contributed by atoms with Gasteiger partial charge in [-0.15, -0.1) is 0 Å². The van der Waals surface area contributed by atoms with Crippen molar-refractivity contribution >= 4 is 32.7 Å². The fourth-order valence-electron chi connectivity index (χ4n) is 2.93. The van der Waals surface area contributed by atoms with Crippen molar-refractivity contribution in [3.63, 3.8) is 0 Å². The average Bonchev–Trinajstić information content (AvgIpc) is 2.73. The highest BCUT2D eigenvalue weighted by molar-refractivity contribution is 9.10. The molecule has 0 bridgehead atoms. The maximum absolute atomic E-state index is 12.9. The largest absolute Gasteiger partial charge is 0.456 e. The lowest BCUT2D eigenvalue weighted by Crippen LogP contribution is -2.25. The second-order valence-electron chi connectivity index (χ2n) is 6.15. The van der Waals surface area contributed by atoms with Crippen molar-refractivity contribution in [3.05, 3.63) is 105 Å². The smallest absolute Gasteiger partial charge is 0.359 e. The molecule has 0 aliphatic rings. The van der Waals surface area contributed by atoms with Gasteiger partial charge >= 0.3 is 5.97 Å². The number of halogens is 1. The molecule has 0 spiro atoms. The lowest BCUT2D eigenvalue weighted by Gasteiger charge is -2.11. The first-order valence-corrected chi connectivity index (χ1v) is 9.42. The van der Waals surface area contributed by atoms with E-state index in [0.717, 1.165) is 10.0 Å². The standard InChI is InChI=1S/C22H15BrN2O3/c23-16-8-6-7-15(13-16)14-28-22(27)20-18-11-4-5-12-19(18)21(26)25(24-20)17-9-2-1-3-10-17/h1-13H,14H2. The number of ether oxygens (including phenoxy) is 1. The number of aromatic nitrogens is 2. The average molecular weight is 435 g/mol. The minimum atomic E-state index is -0.583. The molecule has 6 heteroatoms. The lowest BCUT2D eigenvalue weighted by molar-refractivity contribution is 0.0466. The van der Waals surface area contributed by atoms with Crippen LogP contribution in [0.2, 0.25) is 0 Å². The zero-order chi connectivity index (χ0) is 19.5. The van der Waals surface area contributed by atoms with Gasteiger partial charge in [0.15, 0.2) is 5.69 Å². The van der Waals surface area contributed by atoms with Gasteiger partial charge in [-0.3, -0.25) is 4.79 Å². The molecule has 0 fully saturated rings. The molecule has 0 unspecified atom stereocenters. The molecule has 138 valence electrons. The minimum absolute atomic E-state index is 0.106. The van der Waals surface area contributed by atoms with Crippen LogP contribution < -0.4 is 5.56 Å². The number of rotatable bonds is 4. The molecule has 0 aliphatic carbocycles. The summed E-state index contributed by atoms with van der Waals surface area (Å²) in [6, 6.07) is 23.4. The molecule has 0 saturated heterocycles. The number of esters is 1. The van der Waals surface area contributed by atoms with Crippen molar-refractivity contribution in [1.82, 2.24) is 9.78 Å². The molecule has 1 heterocycles. The summed E-state index contributed by atoms with van der Waals surface area (Å²) in [4.78, 5) is 25.7. The number of fused-ring (bicyclic) bond motifs is 1. The summed E-state index contributed by atoms with van der Waals surface area (Å²) in [6.45, 7) is 0.110. The van der Waals surface area contributed by atoms with E-state index in [1.807, 2.05) is 42.5 Å². The van der Waals surface area contributed by atoms with Crippen molar-refractivity contribution in [2.75, 3.05) is 0 Å². The highest BCUT2D eigenvalue weighted by Gasteiger charge is 2.18. The van der Waals surface area contributed by atoms with Crippen molar-refractivity contribution in [3.8, 4) is 5.69 Å². The number of benzene rings is 3. The normalized spacial score (nSPS) is 10.8. The fraction of sp³-hybridized carbons (Fsp3) is 0.0455. The van der Waals surface area contributed by atoms with Crippen molar-refractivity contribution < 1.29 is 9.53 Å². The summed E-state index contributed by atoms with van der Waals surface area (Å²) in [6.07, 6.45) is 0. The third kappa shape index (κ3) is 3.59. The van der Waals surface area contributed by atoms with E-state index in [4.69, 9.17) is 4.74 Å². The van der Waals surface area contributed by atoms with Gasteiger partial charge < -0.3 is 4.74 Å². The van der Waals surface area contributed by atoms with E-state index < -0.39 is 5.97 Å². The number of para-hydroxylation sites is 1. The summed E-state index contributed by atoms with van der Waals surface area (Å²) in [5.74, 6) is -0.583. The second kappa shape index (κ2) is 7.78. The summed E-state index contributed by atoms with van der Waals surface area (Å²) >= 11 is 3.40. The van der Waals surface area contributed by atoms with Crippen LogP contribution in [0.25, 0.3) is 16.5 Å². The van der Waals surface area contributed by atoms with Crippen LogP contribution in [0.1, 0.15) is 16.1 Å². The van der Waals surface area contributed by atoms with Crippen LogP contribution in [0.4, 0.5) is 0 Å². The number of nitrogens with zero attached hydrogens (tertiary/aromatic N) is 2. The molecule has 0 atom stereocenters. The Kier molecular flexibility index (Phi) is 5.04. The molecule has 4 rings (SSSR count). The maximum atomic E-state index is 12.9. The molecule has 5 nitrogen and oxygen atoms in total. The predicted octanol–water partition coefficient (Wildman–Crippen LogP) is 4.51. The van der Waals surface area contributed by atoms with Crippen molar-refractivity contribution in [2.24, 2.45) is 0 Å². The highest BCUT2D eigenvalue weighted by atomic mass is 79.9. The van der Waals surface area contributed by atoms with Crippen molar-refractivity contribution in [2.45, 2.75) is 6.61 Å². The Labute approximate surface area is 169 Å². The molecule has 0 N–H and O–H groups in total. The highest BCUT2D eigenvalue weighted by Crippen LogP contribution is 2.17. The van der Waals surface area contributed by atoms with Crippen LogP contribution >= 0.6 is 15.9 Å². The first-order valence-electron chi connectivity index (χ1n) is 8.62. The van der Waals surface area contributed by atoms with Gasteiger partial charge in [0, 0.05) is 9.86 Å². The summed E-state index contributed by atoms with van der Waals surface area (Å²) in [7, 11) is 0. The molecule has 28 heavy (non-hydrogen) atoms. The third-order valence-electron chi connectivity index (χ3n) is 4.26. The lowest BCUT2D eigenvalue weighted by atomic mass is 10.1. The first kappa shape index (κ1) is 18.1. The molecule has 0 amide bonds. The van der Waals surface area contributed by atoms with E-state index in [9.17, 15) is 9.59 Å². The van der Waals surface area contributed by atoms with E-state index in [1.54, 1.807) is 36.4 Å². The van der Waals surface area contributed by atoms with Gasteiger partial charge in [-0.2, -0.15) is 9.78 Å². The Morgan fingerprint density at radius 1 is 0.929 bits per heavy atom. The van der Waals surface area contributed by atoms with Crippen molar-refractivity contribution in [1.29, 1.82) is 0 Å². The van der Waals surface area contributed by atoms with E-state index in [2.05, 4.69) is 21.0 Å². The summed E-state index contributed by atoms with van der Waals surface area (Å²) in [5, 5.41) is 5.20. The van der Waals surface area contributed by atoms with Crippen LogP contribution in [0, 0.1) is 0 Å². The predicted molar refractivity (Wildman–Crippen MR) is 111 cm³/mol. The van der Waals surface area contributed by atoms with Gasteiger partial charge in [-0.1, -0.05) is 64.5 Å². The SMILES string of the molecule is O=C(OCc1cccc(Br)c1)c1nn(-c2ccccc2)c(=O)c2ccccc12. The Morgan fingerprint density at radius 2 is 1.64 bits per heavy atom. The Balaban J connectivity index is 1.76. The maximum Gasteiger partial charge on any atom is 0.359 e. The molecule has 1 aromatic heterocycles. The van der Waals surface area contributed by atoms with Crippen LogP contribution in [0.5, 0.6) is 0 Å². The van der Waals surface area contributed by atoms with E-state index >= 15 is 0 Å². The molecule has 4 aromatic rings. The third-order valence-corrected chi connectivity index (χ3v) is 4.75. The molecule has 0 saturated carbocycles. The monoisotopic (exact) mass is 434 g/mol. The molecule has 0 aliphatic heterocycles. The fourth-order valence-corrected chi connectivity index (χ4v) is 3.38. The van der Waals surface area contributed by atoms with Crippen LogP contribution in [0.15, 0.2) is 88.1 Å². The zero-order valence-corrected chi connectivity index (χ0v) is 16.3. The van der Waals surface area contributed by atoms with Gasteiger partial charge in [0.2, 0.25) is 0 Å². The quantitative estimate of drug-likeness (QED) is 0.443. The Morgan fingerprint density at radius 3 is 2.39 bits per heavy atom. The number of carbonyl (C=O) groups excluding carboxylic acids is 1. The Hall–Kier alpha value is -3.25. The second-order valence-corrected chi connectivity index (χ2v) is 7.07. The number of hydrogen-bond acceptors (Lipinski definition) is 4. The summed E-state index contributed by atoms with van der Waals surface area (Å²) in [5.41, 5.74) is 1.25. The number of hydrogen-bond donors (Lipinski definition) is 0. The van der Waals surface area contributed by atoms with Gasteiger partial charge in [0.1, 0.15) is 6.61 Å². The van der Waals surface area contributed by atoms with Crippen LogP contribution in [-0.4, -0.2) is 15.7 Å². The molecular weight excluding hydrogens is 420 g/mol. The zero-order valence-electron chi connectivity index (χ0n) is 14.7. The molecule has 0 radical (unpaired) electrons. The molecule has 3 aromatic carbocycles. The van der Waals surface area contributed by atoms with E-state index in [0.29, 0.717) is 16.5 Å². The Bertz CT molecular complexity index is 1220. The van der Waals surface area contributed by atoms with Gasteiger partial charge in [0.25, 0.3) is 5.56 Å². The number of carbonyl (C=O) groups is 1. The van der Waals surface area contributed by atoms with Gasteiger partial charge in [0.05, 0.1) is 11.1 Å². The first-order chi connectivity index (χ1) is 13.6. The van der Waals surface area contributed by atoms with Gasteiger partial charge in [-0.25, -0.2) is 4.79 Å².